The summed E-state index contributed by atoms with van der Waals surface area (Å²) < 4.78 is 13.1. The maximum Gasteiger partial charge on any atom is 0.253 e. The van der Waals surface area contributed by atoms with E-state index in [4.69, 9.17) is 0 Å². The maximum atomic E-state index is 13.1. The van der Waals surface area contributed by atoms with Crippen LogP contribution in [0.3, 0.4) is 0 Å². The first kappa shape index (κ1) is 20.6. The number of nitrogens with zero attached hydrogens (tertiary/aromatic N) is 1. The molecule has 0 aliphatic rings. The Morgan fingerprint density at radius 1 is 1.23 bits per heavy atom. The molecule has 0 spiro atoms. The molecule has 0 radical (unpaired) electrons. The lowest BCUT2D eigenvalue weighted by Gasteiger charge is -2.09. The monoisotopic (exact) mass is 347 g/mol. The molecule has 2 aromatic rings. The summed E-state index contributed by atoms with van der Waals surface area (Å²) in [6, 6.07) is 6.12. The highest BCUT2D eigenvalue weighted by Crippen LogP contribution is 2.17. The van der Waals surface area contributed by atoms with E-state index in [9.17, 15) is 9.18 Å². The highest BCUT2D eigenvalue weighted by Gasteiger charge is 2.11. The highest BCUT2D eigenvalue weighted by atomic mass is 35.5. The molecule has 1 amide bonds. The van der Waals surface area contributed by atoms with Crippen molar-refractivity contribution < 1.29 is 9.18 Å². The van der Waals surface area contributed by atoms with Crippen LogP contribution in [0, 0.1) is 12.7 Å². The van der Waals surface area contributed by atoms with Crippen molar-refractivity contribution >= 4 is 41.6 Å². The highest BCUT2D eigenvalue weighted by molar-refractivity contribution is 5.98. The first-order valence-corrected chi connectivity index (χ1v) is 6.67. The van der Waals surface area contributed by atoms with Crippen LogP contribution in [0.4, 0.5) is 4.39 Å². The molecular formula is C15H20Cl2FN3O. The van der Waals surface area contributed by atoms with E-state index in [1.165, 1.54) is 12.1 Å². The van der Waals surface area contributed by atoms with E-state index >= 15 is 0 Å². The molecule has 7 heteroatoms. The fourth-order valence-electron chi connectivity index (χ4n) is 2.00. The largest absolute Gasteiger partial charge is 0.351 e. The standard InChI is InChI=1S/C15H18FN3O.2ClH/c1-3-17-6-7-18-15(20)13-8-11-4-5-12(16)9-14(11)19-10(13)2;;/h4-5,8-9,17H,3,6-7H2,1-2H3,(H,18,20);2*1H. The number of hydrogen-bond acceptors (Lipinski definition) is 3. The number of benzene rings is 1. The van der Waals surface area contributed by atoms with Crippen LogP contribution in [-0.4, -0.2) is 30.5 Å². The van der Waals surface area contributed by atoms with Gasteiger partial charge in [-0.2, -0.15) is 0 Å². The first-order chi connectivity index (χ1) is 9.61. The molecular weight excluding hydrogens is 328 g/mol. The summed E-state index contributed by atoms with van der Waals surface area (Å²) in [5.41, 5.74) is 1.69. The molecule has 2 rings (SSSR count). The van der Waals surface area contributed by atoms with Crippen molar-refractivity contribution in [2.45, 2.75) is 13.8 Å². The van der Waals surface area contributed by atoms with Crippen molar-refractivity contribution in [3.63, 3.8) is 0 Å². The molecule has 1 aromatic carbocycles. The van der Waals surface area contributed by atoms with Crippen LogP contribution in [0.15, 0.2) is 24.3 Å². The van der Waals surface area contributed by atoms with Gasteiger partial charge in [0.25, 0.3) is 5.91 Å². The van der Waals surface area contributed by atoms with Crippen molar-refractivity contribution in [1.29, 1.82) is 0 Å². The number of rotatable bonds is 5. The number of likely N-dealkylation sites (N-methyl/N-ethyl adjacent to an activating group) is 1. The minimum atomic E-state index is -0.327. The van der Waals surface area contributed by atoms with E-state index in [1.807, 2.05) is 6.92 Å². The number of aromatic nitrogens is 1. The third kappa shape index (κ3) is 5.09. The second-order valence-corrected chi connectivity index (χ2v) is 4.57. The van der Waals surface area contributed by atoms with Gasteiger partial charge >= 0.3 is 0 Å². The quantitative estimate of drug-likeness (QED) is 0.817. The van der Waals surface area contributed by atoms with Gasteiger partial charge in [-0.15, -0.1) is 24.8 Å². The van der Waals surface area contributed by atoms with Gasteiger partial charge in [-0.3, -0.25) is 9.78 Å². The molecule has 0 aliphatic heterocycles. The van der Waals surface area contributed by atoms with E-state index in [1.54, 1.807) is 19.1 Å². The number of fused-ring (bicyclic) bond motifs is 1. The van der Waals surface area contributed by atoms with Crippen molar-refractivity contribution in [2.75, 3.05) is 19.6 Å². The minimum absolute atomic E-state index is 0. The van der Waals surface area contributed by atoms with Gasteiger partial charge in [-0.25, -0.2) is 4.39 Å². The summed E-state index contributed by atoms with van der Waals surface area (Å²) in [6.45, 7) is 5.93. The second kappa shape index (κ2) is 9.56. The maximum absolute atomic E-state index is 13.1. The Morgan fingerprint density at radius 2 is 1.95 bits per heavy atom. The zero-order valence-corrected chi connectivity index (χ0v) is 14.1. The molecule has 0 aliphatic carbocycles. The van der Waals surface area contributed by atoms with Gasteiger partial charge in [0, 0.05) is 24.5 Å². The van der Waals surface area contributed by atoms with Gasteiger partial charge in [0.1, 0.15) is 5.82 Å². The fourth-order valence-corrected chi connectivity index (χ4v) is 2.00. The number of aryl methyl sites for hydroxylation is 1. The Bertz CT molecular complexity index is 637. The van der Waals surface area contributed by atoms with Crippen LogP contribution < -0.4 is 10.6 Å². The molecule has 0 fully saturated rings. The Kier molecular flexibility index (Phi) is 8.94. The van der Waals surface area contributed by atoms with E-state index in [0.29, 0.717) is 23.3 Å². The van der Waals surface area contributed by atoms with Crippen molar-refractivity contribution in [2.24, 2.45) is 0 Å². The number of amides is 1. The molecule has 0 saturated carbocycles. The second-order valence-electron chi connectivity index (χ2n) is 4.57. The third-order valence-electron chi connectivity index (χ3n) is 3.05. The van der Waals surface area contributed by atoms with Crippen molar-refractivity contribution in [1.82, 2.24) is 15.6 Å². The number of hydrogen-bond donors (Lipinski definition) is 2. The molecule has 1 heterocycles. The molecule has 122 valence electrons. The molecule has 0 unspecified atom stereocenters. The van der Waals surface area contributed by atoms with E-state index in [-0.39, 0.29) is 36.5 Å². The predicted octanol–water partition coefficient (Wildman–Crippen LogP) is 2.87. The summed E-state index contributed by atoms with van der Waals surface area (Å²) >= 11 is 0. The summed E-state index contributed by atoms with van der Waals surface area (Å²) in [5, 5.41) is 6.73. The Hall–Kier alpha value is -1.43. The summed E-state index contributed by atoms with van der Waals surface area (Å²) in [6.07, 6.45) is 0. The molecule has 2 N–H and O–H groups in total. The van der Waals surface area contributed by atoms with Gasteiger partial charge in [-0.1, -0.05) is 6.92 Å². The van der Waals surface area contributed by atoms with Crippen LogP contribution in [0.2, 0.25) is 0 Å². The predicted molar refractivity (Wildman–Crippen MR) is 91.8 cm³/mol. The van der Waals surface area contributed by atoms with Crippen LogP contribution in [0.5, 0.6) is 0 Å². The van der Waals surface area contributed by atoms with Crippen LogP contribution in [0.25, 0.3) is 10.9 Å². The summed E-state index contributed by atoms with van der Waals surface area (Å²) in [7, 11) is 0. The Balaban J connectivity index is 0.00000220. The first-order valence-electron chi connectivity index (χ1n) is 6.67. The van der Waals surface area contributed by atoms with E-state index in [0.717, 1.165) is 18.5 Å². The number of carbonyl (C=O) groups is 1. The van der Waals surface area contributed by atoms with Gasteiger partial charge in [0.05, 0.1) is 16.8 Å². The smallest absolute Gasteiger partial charge is 0.253 e. The third-order valence-corrected chi connectivity index (χ3v) is 3.05. The zero-order valence-electron chi connectivity index (χ0n) is 12.5. The van der Waals surface area contributed by atoms with Crippen LogP contribution >= 0.6 is 24.8 Å². The lowest BCUT2D eigenvalue weighted by molar-refractivity contribution is 0.0953. The lowest BCUT2D eigenvalue weighted by atomic mass is 10.1. The molecule has 0 saturated heterocycles. The van der Waals surface area contributed by atoms with Crippen LogP contribution in [0.1, 0.15) is 23.0 Å². The SMILES string of the molecule is CCNCCNC(=O)c1cc2ccc(F)cc2nc1C.Cl.Cl. The molecule has 0 bridgehead atoms. The normalized spacial score (nSPS) is 9.77. The van der Waals surface area contributed by atoms with Gasteiger partial charge in [-0.05, 0) is 31.7 Å². The topological polar surface area (TPSA) is 54.0 Å². The lowest BCUT2D eigenvalue weighted by Crippen LogP contribution is -2.32. The Morgan fingerprint density at radius 3 is 2.64 bits per heavy atom. The number of pyridine rings is 1. The van der Waals surface area contributed by atoms with Gasteiger partial charge in [0.15, 0.2) is 0 Å². The summed E-state index contributed by atoms with van der Waals surface area (Å²) in [5.74, 6) is -0.480. The fraction of sp³-hybridized carbons (Fsp3) is 0.333. The van der Waals surface area contributed by atoms with Gasteiger partial charge in [0.2, 0.25) is 0 Å². The number of nitrogens with one attached hydrogen (secondary N) is 2. The van der Waals surface area contributed by atoms with E-state index < -0.39 is 0 Å². The molecule has 4 nitrogen and oxygen atoms in total. The molecule has 1 aromatic heterocycles. The Labute approximate surface area is 141 Å². The minimum Gasteiger partial charge on any atom is -0.351 e. The van der Waals surface area contributed by atoms with E-state index in [2.05, 4.69) is 15.6 Å². The average molecular weight is 348 g/mol. The average Bonchev–Trinajstić information content (AvgIpc) is 2.42. The summed E-state index contributed by atoms with van der Waals surface area (Å²) in [4.78, 5) is 16.4. The zero-order chi connectivity index (χ0) is 14.5. The number of halogens is 3. The number of carbonyl (C=O) groups excluding carboxylic acids is 1. The van der Waals surface area contributed by atoms with Crippen molar-refractivity contribution in [3.8, 4) is 0 Å². The van der Waals surface area contributed by atoms with Gasteiger partial charge < -0.3 is 10.6 Å². The van der Waals surface area contributed by atoms with Crippen LogP contribution in [-0.2, 0) is 0 Å². The molecule has 0 atom stereocenters. The van der Waals surface area contributed by atoms with Crippen molar-refractivity contribution in [3.05, 3.63) is 41.3 Å². The molecule has 22 heavy (non-hydrogen) atoms.